The first-order valence-electron chi connectivity index (χ1n) is 15.9. The van der Waals surface area contributed by atoms with Gasteiger partial charge in [0.15, 0.2) is 11.7 Å². The van der Waals surface area contributed by atoms with Crippen molar-refractivity contribution in [3.8, 4) is 0 Å². The van der Waals surface area contributed by atoms with Crippen molar-refractivity contribution >= 4 is 49.4 Å². The lowest BCUT2D eigenvalue weighted by Gasteiger charge is -2.38. The Hall–Kier alpha value is -4.36. The van der Waals surface area contributed by atoms with E-state index >= 15 is 0 Å². The largest absolute Gasteiger partial charge is 0.480 e. The molecule has 0 spiro atoms. The Bertz CT molecular complexity index is 1910. The van der Waals surface area contributed by atoms with Gasteiger partial charge in [-0.15, -0.1) is 0 Å². The molecule has 3 atom stereocenters. The second kappa shape index (κ2) is 16.1. The molecule has 1 aromatic heterocycles. The summed E-state index contributed by atoms with van der Waals surface area (Å²) in [5.41, 5.74) is 9.23. The molecule has 2 heterocycles. The number of carboxylic acids is 1. The molecular formula is C32H43N7O9S2. The minimum absolute atomic E-state index is 0.0463. The average Bonchev–Trinajstić information content (AvgIpc) is 3.53. The number of aliphatic carboxylic acids is 1. The van der Waals surface area contributed by atoms with Gasteiger partial charge in [-0.3, -0.25) is 18.9 Å². The molecule has 1 unspecified atom stereocenters. The number of unbranched alkanes of at least 4 members (excludes halogenated alkanes) is 1. The molecule has 0 fully saturated rings. The average molecular weight is 734 g/mol. The summed E-state index contributed by atoms with van der Waals surface area (Å²) in [5.74, 6) is -2.56. The molecule has 1 amide bonds. The number of benzene rings is 2. The Kier molecular flexibility index (Phi) is 12.4. The SMILES string of the molecule is Cc1cc(C)c(S(=O)(=O)N[C@@H](CNC(=O)C2CC(=O)c3ccc(CNc4ncc[nH]4)cc3N2CCCC[C@@H](N)CS(=O)(=O)O)C(=O)O)c(C)c1. The number of carboxylic acid groups (broad SMARTS) is 1. The van der Waals surface area contributed by atoms with Gasteiger partial charge in [0.25, 0.3) is 10.1 Å². The van der Waals surface area contributed by atoms with E-state index in [2.05, 4.69) is 25.3 Å². The first kappa shape index (κ1) is 38.4. The molecule has 0 bridgehead atoms. The summed E-state index contributed by atoms with van der Waals surface area (Å²) in [7, 11) is -8.55. The second-order valence-corrected chi connectivity index (χ2v) is 15.6. The summed E-state index contributed by atoms with van der Waals surface area (Å²) in [6.45, 7) is 5.02. The predicted octanol–water partition coefficient (Wildman–Crippen LogP) is 1.64. The number of aromatic nitrogens is 2. The van der Waals surface area contributed by atoms with Crippen molar-refractivity contribution in [3.63, 3.8) is 0 Å². The zero-order valence-electron chi connectivity index (χ0n) is 28.0. The van der Waals surface area contributed by atoms with Crippen LogP contribution in [0.15, 0.2) is 47.6 Å². The number of sulfonamides is 1. The molecule has 0 saturated heterocycles. The summed E-state index contributed by atoms with van der Waals surface area (Å²) in [5, 5.41) is 15.6. The van der Waals surface area contributed by atoms with E-state index in [-0.39, 0.29) is 30.1 Å². The number of fused-ring (bicyclic) bond motifs is 1. The first-order chi connectivity index (χ1) is 23.4. The fraction of sp³-hybridized carbons (Fsp3) is 0.438. The smallest absolute Gasteiger partial charge is 0.323 e. The van der Waals surface area contributed by atoms with Gasteiger partial charge >= 0.3 is 5.97 Å². The van der Waals surface area contributed by atoms with E-state index in [0.717, 1.165) is 11.1 Å². The van der Waals surface area contributed by atoms with Crippen molar-refractivity contribution < 1.29 is 40.9 Å². The molecular weight excluding hydrogens is 691 g/mol. The highest BCUT2D eigenvalue weighted by atomic mass is 32.2. The van der Waals surface area contributed by atoms with E-state index in [4.69, 9.17) is 10.3 Å². The highest BCUT2D eigenvalue weighted by molar-refractivity contribution is 7.89. The van der Waals surface area contributed by atoms with E-state index in [9.17, 15) is 36.3 Å². The molecule has 272 valence electrons. The number of rotatable bonds is 17. The molecule has 0 aliphatic carbocycles. The lowest BCUT2D eigenvalue weighted by molar-refractivity contribution is -0.139. The normalized spacial score (nSPS) is 16.1. The maximum atomic E-state index is 13.7. The number of anilines is 2. The summed E-state index contributed by atoms with van der Waals surface area (Å²) >= 11 is 0. The number of Topliss-reactive ketones (excluding diaryl/α,β-unsaturated/α-hetero) is 1. The van der Waals surface area contributed by atoms with Crippen LogP contribution in [0.4, 0.5) is 11.6 Å². The van der Waals surface area contributed by atoms with Gasteiger partial charge in [-0.25, -0.2) is 13.4 Å². The number of carbonyl (C=O) groups is 3. The van der Waals surface area contributed by atoms with Crippen molar-refractivity contribution in [1.29, 1.82) is 0 Å². The lowest BCUT2D eigenvalue weighted by Crippen LogP contribution is -2.55. The van der Waals surface area contributed by atoms with Crippen molar-refractivity contribution in [2.75, 3.05) is 29.1 Å². The quantitative estimate of drug-likeness (QED) is 0.0771. The maximum Gasteiger partial charge on any atom is 0.323 e. The Morgan fingerprint density at radius 3 is 2.42 bits per heavy atom. The summed E-state index contributed by atoms with van der Waals surface area (Å²) in [6.07, 6.45) is 4.15. The number of H-pyrrole nitrogens is 1. The van der Waals surface area contributed by atoms with Gasteiger partial charge in [0.1, 0.15) is 12.1 Å². The van der Waals surface area contributed by atoms with Gasteiger partial charge in [0.05, 0.1) is 10.6 Å². The molecule has 50 heavy (non-hydrogen) atoms. The van der Waals surface area contributed by atoms with Crippen molar-refractivity contribution in [2.24, 2.45) is 5.73 Å². The number of hydrogen-bond donors (Lipinski definition) is 7. The van der Waals surface area contributed by atoms with Crippen LogP contribution in [0, 0.1) is 20.8 Å². The number of nitrogens with two attached hydrogens (primary N) is 1. The minimum atomic E-state index is -4.30. The van der Waals surface area contributed by atoms with Crippen molar-refractivity contribution in [3.05, 3.63) is 70.5 Å². The van der Waals surface area contributed by atoms with Crippen molar-refractivity contribution in [1.82, 2.24) is 20.0 Å². The number of aromatic amines is 1. The Morgan fingerprint density at radius 1 is 1.10 bits per heavy atom. The molecule has 16 nitrogen and oxygen atoms in total. The summed E-state index contributed by atoms with van der Waals surface area (Å²) in [6, 6.07) is 4.98. The topological polar surface area (TPSA) is 254 Å². The van der Waals surface area contributed by atoms with Crippen LogP contribution in [0.25, 0.3) is 0 Å². The summed E-state index contributed by atoms with van der Waals surface area (Å²) in [4.78, 5) is 48.0. The molecule has 1 aliphatic heterocycles. The van der Waals surface area contributed by atoms with Crippen LogP contribution >= 0.6 is 0 Å². The first-order valence-corrected chi connectivity index (χ1v) is 19.0. The number of ketones is 1. The highest BCUT2D eigenvalue weighted by Crippen LogP contribution is 2.33. The number of nitrogens with zero attached hydrogens (tertiary/aromatic N) is 2. The number of amides is 1. The van der Waals surface area contributed by atoms with Crippen LogP contribution in [-0.2, 0) is 36.3 Å². The van der Waals surface area contributed by atoms with E-state index in [1.807, 2.05) is 6.92 Å². The van der Waals surface area contributed by atoms with Crippen LogP contribution in [0.2, 0.25) is 0 Å². The van der Waals surface area contributed by atoms with Gasteiger partial charge < -0.3 is 31.4 Å². The fourth-order valence-corrected chi connectivity index (χ4v) is 8.51. The number of imidazole rings is 1. The maximum absolute atomic E-state index is 13.7. The number of nitrogens with one attached hydrogen (secondary N) is 4. The van der Waals surface area contributed by atoms with Crippen LogP contribution in [0.1, 0.15) is 58.3 Å². The Balaban J connectivity index is 1.54. The zero-order chi connectivity index (χ0) is 36.8. The van der Waals surface area contributed by atoms with Gasteiger partial charge in [0.2, 0.25) is 15.9 Å². The van der Waals surface area contributed by atoms with E-state index in [0.29, 0.717) is 47.7 Å². The van der Waals surface area contributed by atoms with Crippen LogP contribution < -0.4 is 26.0 Å². The third-order valence-corrected chi connectivity index (χ3v) is 10.9. The van der Waals surface area contributed by atoms with Crippen molar-refractivity contribution in [2.45, 2.75) is 76.0 Å². The van der Waals surface area contributed by atoms with E-state index in [1.54, 1.807) is 61.5 Å². The Morgan fingerprint density at radius 2 is 1.80 bits per heavy atom. The van der Waals surface area contributed by atoms with Gasteiger partial charge in [-0.05, 0) is 62.4 Å². The zero-order valence-corrected chi connectivity index (χ0v) is 29.6. The molecule has 4 rings (SSSR count). The van der Waals surface area contributed by atoms with Gasteiger partial charge in [-0.2, -0.15) is 13.1 Å². The molecule has 0 radical (unpaired) electrons. The predicted molar refractivity (Wildman–Crippen MR) is 186 cm³/mol. The van der Waals surface area contributed by atoms with Crippen LogP contribution in [0.3, 0.4) is 0 Å². The minimum Gasteiger partial charge on any atom is -0.480 e. The summed E-state index contributed by atoms with van der Waals surface area (Å²) < 4.78 is 60.3. The highest BCUT2D eigenvalue weighted by Gasteiger charge is 2.37. The van der Waals surface area contributed by atoms with Crippen LogP contribution in [-0.4, -0.2) is 91.1 Å². The number of aryl methyl sites for hydroxylation is 3. The standard InChI is InChI=1S/C32H43N7O9S2/c1-19-12-20(2)29(21(3)13-19)50(47,48)38-25(31(42)43)17-36-30(41)27-15-28(40)24-8-7-22(16-37-32-34-9-10-35-32)14-26(24)39(27)11-5-4-6-23(33)18-49(44,45)46/h7-10,12-14,23,25,27,38H,4-6,11,15-18,33H2,1-3H3,(H,36,41)(H,42,43)(H2,34,35,37)(H,44,45,46)/t23-,25+,27?/m1/s1. The van der Waals surface area contributed by atoms with Gasteiger partial charge in [-0.1, -0.05) is 30.2 Å². The fourth-order valence-electron chi connectivity index (χ4n) is 6.16. The molecule has 3 aromatic rings. The van der Waals surface area contributed by atoms with Gasteiger partial charge in [0, 0.05) is 55.7 Å². The number of hydrogen-bond acceptors (Lipinski definition) is 11. The molecule has 18 heteroatoms. The monoisotopic (exact) mass is 733 g/mol. The van der Waals surface area contributed by atoms with E-state index in [1.165, 1.54) is 0 Å². The third-order valence-electron chi connectivity index (χ3n) is 8.29. The number of carbonyl (C=O) groups excluding carboxylic acids is 2. The van der Waals surface area contributed by atoms with Crippen LogP contribution in [0.5, 0.6) is 0 Å². The molecule has 1 aliphatic rings. The molecule has 8 N–H and O–H groups in total. The molecule has 2 aromatic carbocycles. The molecule has 0 saturated carbocycles. The third kappa shape index (κ3) is 10.1. The second-order valence-electron chi connectivity index (χ2n) is 12.5. The lowest BCUT2D eigenvalue weighted by atomic mass is 9.92. The Labute approximate surface area is 291 Å². The van der Waals surface area contributed by atoms with E-state index < -0.39 is 62.4 Å².